The third kappa shape index (κ3) is 4.95. The van der Waals surface area contributed by atoms with Crippen LogP contribution in [0.5, 0.6) is 11.5 Å². The summed E-state index contributed by atoms with van der Waals surface area (Å²) in [5.41, 5.74) is 3.01. The van der Waals surface area contributed by atoms with E-state index in [-0.39, 0.29) is 11.7 Å². The fourth-order valence-electron chi connectivity index (χ4n) is 2.93. The van der Waals surface area contributed by atoms with Crippen molar-refractivity contribution in [2.75, 3.05) is 24.8 Å². The van der Waals surface area contributed by atoms with E-state index in [1.165, 1.54) is 11.8 Å². The van der Waals surface area contributed by atoms with Gasteiger partial charge in [-0.1, -0.05) is 17.8 Å². The Labute approximate surface area is 183 Å². The number of aromatic nitrogens is 4. The number of hydrogen-bond acceptors (Lipinski definition) is 7. The molecule has 9 heteroatoms. The van der Waals surface area contributed by atoms with Gasteiger partial charge in [0.15, 0.2) is 5.65 Å². The summed E-state index contributed by atoms with van der Waals surface area (Å²) in [4.78, 5) is 12.4. The highest BCUT2D eigenvalue weighted by atomic mass is 32.2. The Bertz CT molecular complexity index is 1190. The number of methoxy groups -OCH3 is 1. The van der Waals surface area contributed by atoms with Crippen LogP contribution in [-0.4, -0.2) is 45.2 Å². The summed E-state index contributed by atoms with van der Waals surface area (Å²) in [5.74, 6) is 1.51. The fourth-order valence-corrected chi connectivity index (χ4v) is 3.62. The first-order valence-electron chi connectivity index (χ1n) is 9.68. The van der Waals surface area contributed by atoms with Gasteiger partial charge in [-0.2, -0.15) is 9.61 Å². The third-order valence-corrected chi connectivity index (χ3v) is 5.30. The number of carbonyl (C=O) groups is 1. The van der Waals surface area contributed by atoms with Crippen molar-refractivity contribution in [3.63, 3.8) is 0 Å². The molecule has 0 saturated carbocycles. The molecule has 8 nitrogen and oxygen atoms in total. The van der Waals surface area contributed by atoms with Gasteiger partial charge in [-0.15, -0.1) is 10.2 Å². The van der Waals surface area contributed by atoms with Gasteiger partial charge < -0.3 is 14.8 Å². The average molecular weight is 436 g/mol. The van der Waals surface area contributed by atoms with Gasteiger partial charge in [0.1, 0.15) is 11.5 Å². The summed E-state index contributed by atoms with van der Waals surface area (Å²) in [6.45, 7) is 2.57. The van der Waals surface area contributed by atoms with Crippen LogP contribution >= 0.6 is 11.8 Å². The lowest BCUT2D eigenvalue weighted by atomic mass is 10.1. The van der Waals surface area contributed by atoms with Crippen molar-refractivity contribution in [3.05, 3.63) is 60.7 Å². The van der Waals surface area contributed by atoms with Gasteiger partial charge in [0.05, 0.1) is 25.2 Å². The van der Waals surface area contributed by atoms with E-state index in [1.807, 2.05) is 61.5 Å². The molecular weight excluding hydrogens is 414 g/mol. The molecule has 0 aliphatic rings. The number of rotatable bonds is 8. The van der Waals surface area contributed by atoms with Crippen molar-refractivity contribution in [1.82, 2.24) is 19.8 Å². The number of anilines is 1. The van der Waals surface area contributed by atoms with E-state index < -0.39 is 0 Å². The highest BCUT2D eigenvalue weighted by molar-refractivity contribution is 7.99. The molecule has 2 aromatic heterocycles. The number of thioether (sulfide) groups is 1. The van der Waals surface area contributed by atoms with Crippen LogP contribution in [-0.2, 0) is 4.79 Å². The van der Waals surface area contributed by atoms with E-state index in [1.54, 1.807) is 17.7 Å². The Morgan fingerprint density at radius 3 is 2.68 bits per heavy atom. The number of fused-ring (bicyclic) bond motifs is 1. The van der Waals surface area contributed by atoms with Crippen LogP contribution in [0.2, 0.25) is 0 Å². The Morgan fingerprint density at radius 1 is 1.06 bits per heavy atom. The van der Waals surface area contributed by atoms with Crippen molar-refractivity contribution in [2.24, 2.45) is 0 Å². The van der Waals surface area contributed by atoms with Gasteiger partial charge in [-0.25, -0.2) is 0 Å². The molecule has 1 N–H and O–H groups in total. The maximum atomic E-state index is 12.4. The van der Waals surface area contributed by atoms with Gasteiger partial charge in [0, 0.05) is 17.3 Å². The zero-order valence-electron chi connectivity index (χ0n) is 17.1. The lowest BCUT2D eigenvalue weighted by molar-refractivity contribution is -0.113. The molecule has 0 aliphatic heterocycles. The van der Waals surface area contributed by atoms with E-state index in [0.717, 1.165) is 17.0 Å². The largest absolute Gasteiger partial charge is 0.497 e. The predicted molar refractivity (Wildman–Crippen MR) is 120 cm³/mol. The van der Waals surface area contributed by atoms with Crippen LogP contribution in [0.1, 0.15) is 6.92 Å². The molecule has 2 aromatic carbocycles. The van der Waals surface area contributed by atoms with Crippen LogP contribution in [0.25, 0.3) is 16.9 Å². The lowest BCUT2D eigenvalue weighted by Crippen LogP contribution is -2.14. The molecule has 0 fully saturated rings. The molecule has 0 unspecified atom stereocenters. The number of amides is 1. The Hall–Kier alpha value is -3.59. The molecule has 0 bridgehead atoms. The van der Waals surface area contributed by atoms with Gasteiger partial charge in [0.2, 0.25) is 11.1 Å². The number of benzene rings is 2. The highest BCUT2D eigenvalue weighted by Crippen LogP contribution is 2.23. The van der Waals surface area contributed by atoms with Crippen molar-refractivity contribution in [1.29, 1.82) is 0 Å². The molecule has 0 atom stereocenters. The fraction of sp³-hybridized carbons (Fsp3) is 0.182. The van der Waals surface area contributed by atoms with E-state index >= 15 is 0 Å². The predicted octanol–water partition coefficient (Wildman–Crippen LogP) is 3.93. The molecule has 2 heterocycles. The quantitative estimate of drug-likeness (QED) is 0.419. The molecule has 4 aromatic rings. The SMILES string of the molecule is CCOc1ccc(-c2ccc3nnc(SCC(=O)Nc4cccc(OC)c4)n3n2)cc1. The minimum absolute atomic E-state index is 0.155. The topological polar surface area (TPSA) is 90.6 Å². The second-order valence-electron chi connectivity index (χ2n) is 6.50. The van der Waals surface area contributed by atoms with Crippen molar-refractivity contribution >= 4 is 29.0 Å². The molecule has 0 aliphatic carbocycles. The molecule has 158 valence electrons. The number of hydrogen-bond donors (Lipinski definition) is 1. The van der Waals surface area contributed by atoms with Crippen molar-refractivity contribution in [2.45, 2.75) is 12.1 Å². The van der Waals surface area contributed by atoms with Crippen LogP contribution in [0.15, 0.2) is 65.8 Å². The highest BCUT2D eigenvalue weighted by Gasteiger charge is 2.12. The Morgan fingerprint density at radius 2 is 1.90 bits per heavy atom. The van der Waals surface area contributed by atoms with Crippen LogP contribution in [0, 0.1) is 0 Å². The molecule has 0 radical (unpaired) electrons. The van der Waals surface area contributed by atoms with E-state index in [9.17, 15) is 4.79 Å². The molecular formula is C22H21N5O3S. The lowest BCUT2D eigenvalue weighted by Gasteiger charge is -2.07. The first-order valence-corrected chi connectivity index (χ1v) is 10.7. The monoisotopic (exact) mass is 435 g/mol. The first kappa shape index (κ1) is 20.7. The Kier molecular flexibility index (Phi) is 6.32. The van der Waals surface area contributed by atoms with E-state index in [0.29, 0.717) is 28.8 Å². The van der Waals surface area contributed by atoms with Gasteiger partial charge in [0.25, 0.3) is 0 Å². The standard InChI is InChI=1S/C22H21N5O3S/c1-3-30-17-9-7-15(8-10-17)19-11-12-20-24-25-22(27(20)26-19)31-14-21(28)23-16-5-4-6-18(13-16)29-2/h4-13H,3,14H2,1-2H3,(H,23,28). The number of nitrogens with zero attached hydrogens (tertiary/aromatic N) is 4. The first-order chi connectivity index (χ1) is 15.2. The second kappa shape index (κ2) is 9.48. The summed E-state index contributed by atoms with van der Waals surface area (Å²) >= 11 is 1.27. The zero-order valence-corrected chi connectivity index (χ0v) is 17.9. The molecule has 1 amide bonds. The number of nitrogens with one attached hydrogen (secondary N) is 1. The van der Waals surface area contributed by atoms with Gasteiger partial charge in [-0.3, -0.25) is 4.79 Å². The minimum atomic E-state index is -0.155. The zero-order chi connectivity index (χ0) is 21.6. The summed E-state index contributed by atoms with van der Waals surface area (Å²) in [6.07, 6.45) is 0. The number of ether oxygens (including phenoxy) is 2. The smallest absolute Gasteiger partial charge is 0.234 e. The summed E-state index contributed by atoms with van der Waals surface area (Å²) in [7, 11) is 1.59. The molecule has 4 rings (SSSR count). The summed E-state index contributed by atoms with van der Waals surface area (Å²) in [5, 5.41) is 16.3. The maximum absolute atomic E-state index is 12.4. The van der Waals surface area contributed by atoms with Crippen LogP contribution in [0.4, 0.5) is 5.69 Å². The maximum Gasteiger partial charge on any atom is 0.234 e. The minimum Gasteiger partial charge on any atom is -0.497 e. The van der Waals surface area contributed by atoms with Crippen LogP contribution < -0.4 is 14.8 Å². The van der Waals surface area contributed by atoms with Gasteiger partial charge in [-0.05, 0) is 55.5 Å². The van der Waals surface area contributed by atoms with E-state index in [2.05, 4.69) is 20.6 Å². The molecule has 0 spiro atoms. The number of carbonyl (C=O) groups excluding carboxylic acids is 1. The van der Waals surface area contributed by atoms with Crippen LogP contribution in [0.3, 0.4) is 0 Å². The summed E-state index contributed by atoms with van der Waals surface area (Å²) in [6, 6.07) is 18.7. The average Bonchev–Trinajstić information content (AvgIpc) is 3.21. The van der Waals surface area contributed by atoms with Crippen molar-refractivity contribution < 1.29 is 14.3 Å². The third-order valence-electron chi connectivity index (χ3n) is 4.38. The molecule has 0 saturated heterocycles. The van der Waals surface area contributed by atoms with Gasteiger partial charge >= 0.3 is 0 Å². The summed E-state index contributed by atoms with van der Waals surface area (Å²) < 4.78 is 12.3. The molecule has 31 heavy (non-hydrogen) atoms. The van der Waals surface area contributed by atoms with E-state index in [4.69, 9.17) is 9.47 Å². The Balaban J connectivity index is 1.46. The van der Waals surface area contributed by atoms with Crippen molar-refractivity contribution in [3.8, 4) is 22.8 Å². The second-order valence-corrected chi connectivity index (χ2v) is 7.44. The normalized spacial score (nSPS) is 10.8.